The summed E-state index contributed by atoms with van der Waals surface area (Å²) in [5.74, 6) is -3.89. The Morgan fingerprint density at radius 3 is 2.85 bits per heavy atom. The van der Waals surface area contributed by atoms with Gasteiger partial charge < -0.3 is 19.1 Å². The zero-order valence-corrected chi connectivity index (χ0v) is 19.8. The van der Waals surface area contributed by atoms with E-state index in [0.717, 1.165) is 25.0 Å². The van der Waals surface area contributed by atoms with Gasteiger partial charge in [-0.25, -0.2) is 18.4 Å². The molecule has 0 radical (unpaired) electrons. The number of piperidine rings is 1. The largest absolute Gasteiger partial charge is 0.469 e. The normalized spacial score (nSPS) is 22.6. The van der Waals surface area contributed by atoms with Crippen LogP contribution in [0.5, 0.6) is 0 Å². The lowest BCUT2D eigenvalue weighted by molar-refractivity contribution is -0.169. The average molecular weight is 480 g/mol. The number of hydrogen-bond donors (Lipinski definition) is 0. The Labute approximate surface area is 197 Å². The van der Waals surface area contributed by atoms with Gasteiger partial charge in [0.25, 0.3) is 5.92 Å². The Balaban J connectivity index is 1.51. The van der Waals surface area contributed by atoms with Crippen LogP contribution in [0.3, 0.4) is 0 Å². The summed E-state index contributed by atoms with van der Waals surface area (Å²) >= 11 is 0. The highest BCUT2D eigenvalue weighted by atomic mass is 19.3. The van der Waals surface area contributed by atoms with Crippen LogP contribution < -0.4 is 4.90 Å². The Morgan fingerprint density at radius 1 is 1.32 bits per heavy atom. The first-order chi connectivity index (χ1) is 16.3. The van der Waals surface area contributed by atoms with E-state index >= 15 is 0 Å². The summed E-state index contributed by atoms with van der Waals surface area (Å²) in [6, 6.07) is 3.53. The Morgan fingerprint density at radius 2 is 2.15 bits per heavy atom. The van der Waals surface area contributed by atoms with Crippen molar-refractivity contribution in [3.8, 4) is 11.4 Å². The van der Waals surface area contributed by atoms with Crippen LogP contribution in [-0.4, -0.2) is 65.0 Å². The van der Waals surface area contributed by atoms with E-state index in [1.807, 2.05) is 0 Å². The maximum Gasteiger partial charge on any atom is 0.305 e. The number of alkyl halides is 2. The number of pyridine rings is 1. The third-order valence-electron chi connectivity index (χ3n) is 6.30. The number of hydrogen-bond acceptors (Lipinski definition) is 8. The first kappa shape index (κ1) is 24.5. The number of aromatic nitrogens is 4. The molecule has 9 nitrogen and oxygen atoms in total. The number of rotatable bonds is 7. The lowest BCUT2D eigenvalue weighted by Crippen LogP contribution is -2.48. The highest BCUT2D eigenvalue weighted by molar-refractivity contribution is 5.69. The minimum absolute atomic E-state index is 0.0409. The molecule has 1 unspecified atom stereocenters. The number of carbonyl (C=O) groups is 1. The molecule has 2 aromatic heterocycles. The number of carbonyl (C=O) groups excluding carboxylic acids is 1. The summed E-state index contributed by atoms with van der Waals surface area (Å²) in [6.07, 6.45) is 2.34. The number of aryl methyl sites for hydroxylation is 2. The smallest absolute Gasteiger partial charge is 0.305 e. The predicted molar refractivity (Wildman–Crippen MR) is 119 cm³/mol. The molecule has 2 aromatic rings. The second-order valence-electron chi connectivity index (χ2n) is 9.00. The van der Waals surface area contributed by atoms with E-state index in [2.05, 4.69) is 20.0 Å². The zero-order chi connectivity index (χ0) is 24.3. The molecule has 2 fully saturated rings. The van der Waals surface area contributed by atoms with Gasteiger partial charge in [0.05, 0.1) is 49.5 Å². The number of halogens is 2. The molecule has 4 rings (SSSR count). The van der Waals surface area contributed by atoms with Gasteiger partial charge in [0, 0.05) is 26.6 Å². The van der Waals surface area contributed by atoms with Crippen LogP contribution in [0.2, 0.25) is 0 Å². The molecule has 2 saturated heterocycles. The fraction of sp³-hybridized carbons (Fsp3) is 0.652. The van der Waals surface area contributed by atoms with Gasteiger partial charge in [-0.05, 0) is 44.2 Å². The van der Waals surface area contributed by atoms with Crippen LogP contribution in [0.25, 0.3) is 11.4 Å². The van der Waals surface area contributed by atoms with Crippen molar-refractivity contribution in [1.29, 1.82) is 0 Å². The maximum atomic E-state index is 14.5. The molecule has 0 amide bonds. The van der Waals surface area contributed by atoms with Gasteiger partial charge in [0.2, 0.25) is 0 Å². The summed E-state index contributed by atoms with van der Waals surface area (Å²) in [5.41, 5.74) is 3.14. The van der Waals surface area contributed by atoms with E-state index in [1.54, 1.807) is 35.7 Å². The molecule has 0 aliphatic carbocycles. The number of ether oxygens (including phenoxy) is 3. The average Bonchev–Trinajstić information content (AvgIpc) is 3.17. The van der Waals surface area contributed by atoms with E-state index in [1.165, 1.54) is 7.11 Å². The van der Waals surface area contributed by atoms with Crippen molar-refractivity contribution in [2.75, 3.05) is 31.7 Å². The van der Waals surface area contributed by atoms with Gasteiger partial charge in [0.1, 0.15) is 5.69 Å². The van der Waals surface area contributed by atoms with E-state index in [-0.39, 0.29) is 25.7 Å². The van der Waals surface area contributed by atoms with E-state index in [9.17, 15) is 13.6 Å². The number of nitrogens with zero attached hydrogens (tertiary/aromatic N) is 5. The van der Waals surface area contributed by atoms with E-state index < -0.39 is 24.4 Å². The highest BCUT2D eigenvalue weighted by Gasteiger charge is 2.41. The molecule has 4 heterocycles. The number of methoxy groups -OCH3 is 1. The highest BCUT2D eigenvalue weighted by Crippen LogP contribution is 2.36. The summed E-state index contributed by atoms with van der Waals surface area (Å²) in [4.78, 5) is 17.9. The third-order valence-corrected chi connectivity index (χ3v) is 6.30. The van der Waals surface area contributed by atoms with Crippen molar-refractivity contribution in [3.63, 3.8) is 0 Å². The molecule has 2 aliphatic heterocycles. The van der Waals surface area contributed by atoms with Crippen LogP contribution >= 0.6 is 0 Å². The van der Waals surface area contributed by atoms with Crippen molar-refractivity contribution in [1.82, 2.24) is 20.0 Å². The third kappa shape index (κ3) is 5.69. The zero-order valence-electron chi connectivity index (χ0n) is 19.8. The lowest BCUT2D eigenvalue weighted by Gasteiger charge is -2.39. The summed E-state index contributed by atoms with van der Waals surface area (Å²) in [7, 11) is 3.05. The van der Waals surface area contributed by atoms with E-state index in [0.29, 0.717) is 35.9 Å². The molecule has 0 aromatic carbocycles. The first-order valence-electron chi connectivity index (χ1n) is 11.5. The van der Waals surface area contributed by atoms with Crippen molar-refractivity contribution in [3.05, 3.63) is 23.5 Å². The quantitative estimate of drug-likeness (QED) is 0.559. The van der Waals surface area contributed by atoms with Crippen molar-refractivity contribution in [2.24, 2.45) is 13.0 Å². The van der Waals surface area contributed by atoms with E-state index in [4.69, 9.17) is 9.47 Å². The van der Waals surface area contributed by atoms with Crippen LogP contribution in [0.1, 0.15) is 43.5 Å². The molecule has 186 valence electrons. The topological polar surface area (TPSA) is 91.6 Å². The molecule has 0 bridgehead atoms. The van der Waals surface area contributed by atoms with Gasteiger partial charge in [-0.3, -0.25) is 4.79 Å². The van der Waals surface area contributed by atoms with Gasteiger partial charge in [-0.2, -0.15) is 0 Å². The number of anilines is 1. The number of esters is 1. The minimum atomic E-state index is -2.90. The fourth-order valence-electron chi connectivity index (χ4n) is 4.62. The Bertz CT molecular complexity index is 1010. The van der Waals surface area contributed by atoms with Crippen molar-refractivity contribution in [2.45, 2.75) is 57.8 Å². The van der Waals surface area contributed by atoms with Gasteiger partial charge in [-0.15, -0.1) is 5.10 Å². The first-order valence-corrected chi connectivity index (χ1v) is 11.5. The molecule has 0 saturated carbocycles. The monoisotopic (exact) mass is 479 g/mol. The van der Waals surface area contributed by atoms with Crippen LogP contribution in [0.4, 0.5) is 14.5 Å². The maximum absolute atomic E-state index is 14.5. The molecular weight excluding hydrogens is 448 g/mol. The predicted octanol–water partition coefficient (Wildman–Crippen LogP) is 3.25. The fourth-order valence-corrected chi connectivity index (χ4v) is 4.62. The summed E-state index contributed by atoms with van der Waals surface area (Å²) in [6.45, 7) is 2.67. The molecular formula is C23H31F2N5O4. The van der Waals surface area contributed by atoms with Crippen LogP contribution in [0.15, 0.2) is 12.1 Å². The van der Waals surface area contributed by atoms with Gasteiger partial charge in [0.15, 0.2) is 6.29 Å². The second kappa shape index (κ2) is 10.3. The summed E-state index contributed by atoms with van der Waals surface area (Å²) in [5, 5.41) is 8.37. The van der Waals surface area contributed by atoms with Gasteiger partial charge >= 0.3 is 5.97 Å². The Hall–Kier alpha value is -2.66. The van der Waals surface area contributed by atoms with Crippen molar-refractivity contribution >= 4 is 11.7 Å². The molecule has 11 heteroatoms. The standard InChI is InChI=1S/C23H31F2N5O4/c1-15-18(30-12-16(10-20(31)32-3)11-23(24,25)14-30)8-7-17(26-15)22-19(29(2)28-27-22)13-34-21-6-4-5-9-33-21/h7-8,16,21H,4-6,9-14H2,1-3H3/t16-,21?/m0/s1. The second-order valence-corrected chi connectivity index (χ2v) is 9.00. The Kier molecular flexibility index (Phi) is 7.42. The van der Waals surface area contributed by atoms with Crippen LogP contribution in [0, 0.1) is 12.8 Å². The van der Waals surface area contributed by atoms with Crippen molar-refractivity contribution < 1.29 is 27.8 Å². The van der Waals surface area contributed by atoms with Crippen LogP contribution in [-0.2, 0) is 32.7 Å². The molecule has 2 atom stereocenters. The molecule has 0 N–H and O–H groups in total. The minimum Gasteiger partial charge on any atom is -0.469 e. The lowest BCUT2D eigenvalue weighted by atomic mass is 9.91. The molecule has 0 spiro atoms. The van der Waals surface area contributed by atoms with Gasteiger partial charge in [-0.1, -0.05) is 5.21 Å². The SMILES string of the molecule is COC(=O)C[C@@H]1CN(c2ccc(-c3nnn(C)c3COC3CCCCO3)nc2C)CC(F)(F)C1. The molecule has 34 heavy (non-hydrogen) atoms. The summed E-state index contributed by atoms with van der Waals surface area (Å²) < 4.78 is 46.8. The molecule has 2 aliphatic rings.